The van der Waals surface area contributed by atoms with Crippen LogP contribution in [0.4, 0.5) is 5.69 Å². The molecule has 1 aliphatic heterocycles. The second-order valence-electron chi connectivity index (χ2n) is 8.85. The highest BCUT2D eigenvalue weighted by Crippen LogP contribution is 2.39. The molecule has 0 spiro atoms. The minimum Gasteiger partial charge on any atom is -0.490 e. The van der Waals surface area contributed by atoms with Gasteiger partial charge >= 0.3 is 0 Å². The van der Waals surface area contributed by atoms with Crippen LogP contribution in [0.2, 0.25) is 0 Å². The van der Waals surface area contributed by atoms with Crippen LogP contribution < -0.4 is 15.2 Å². The summed E-state index contributed by atoms with van der Waals surface area (Å²) in [5.41, 5.74) is 8.08. The molecule has 1 saturated heterocycles. The van der Waals surface area contributed by atoms with E-state index < -0.39 is 5.91 Å². The van der Waals surface area contributed by atoms with Crippen molar-refractivity contribution in [2.45, 2.75) is 58.4 Å². The van der Waals surface area contributed by atoms with E-state index in [-0.39, 0.29) is 18.6 Å². The first kappa shape index (κ1) is 25.8. The minimum atomic E-state index is -0.559. The summed E-state index contributed by atoms with van der Waals surface area (Å²) in [6.45, 7) is 4.19. The molecule has 2 aromatic rings. The second-order valence-corrected chi connectivity index (χ2v) is 9.86. The number of primary amides is 1. The molecule has 2 N–H and O–H groups in total. The number of aliphatic imine (C=N–C) groups is 1. The lowest BCUT2D eigenvalue weighted by Gasteiger charge is -2.30. The second kappa shape index (κ2) is 12.1. The third-order valence-corrected chi connectivity index (χ3v) is 7.28. The Hall–Kier alpha value is -3.26. The molecule has 0 bridgehead atoms. The van der Waals surface area contributed by atoms with E-state index in [2.05, 4.69) is 13.0 Å². The van der Waals surface area contributed by atoms with Crippen molar-refractivity contribution in [1.82, 2.24) is 4.90 Å². The number of benzene rings is 2. The number of amidine groups is 1. The van der Waals surface area contributed by atoms with Gasteiger partial charge in [-0.25, -0.2) is 4.99 Å². The molecule has 0 unspecified atom stereocenters. The lowest BCUT2D eigenvalue weighted by Crippen LogP contribution is -2.40. The van der Waals surface area contributed by atoms with Crippen molar-refractivity contribution in [1.29, 1.82) is 0 Å². The number of aryl methyl sites for hydroxylation is 1. The largest absolute Gasteiger partial charge is 0.490 e. The Bertz CT molecular complexity index is 1170. The van der Waals surface area contributed by atoms with E-state index in [1.807, 2.05) is 48.2 Å². The molecule has 4 rings (SSSR count). The summed E-state index contributed by atoms with van der Waals surface area (Å²) in [6, 6.07) is 13.7. The molecule has 2 aromatic carbocycles. The number of rotatable bonds is 9. The molecule has 190 valence electrons. The fourth-order valence-corrected chi connectivity index (χ4v) is 5.60. The summed E-state index contributed by atoms with van der Waals surface area (Å²) in [7, 11) is 0. The van der Waals surface area contributed by atoms with Gasteiger partial charge in [0.05, 0.1) is 17.2 Å². The molecule has 0 aromatic heterocycles. The Morgan fingerprint density at radius 3 is 2.61 bits per heavy atom. The Morgan fingerprint density at radius 2 is 1.89 bits per heavy atom. The van der Waals surface area contributed by atoms with Gasteiger partial charge < -0.3 is 15.2 Å². The van der Waals surface area contributed by atoms with Crippen LogP contribution in [0.3, 0.4) is 0 Å². The van der Waals surface area contributed by atoms with E-state index in [1.165, 1.54) is 18.2 Å². The number of para-hydroxylation sites is 1. The molecule has 0 radical (unpaired) electrons. The average Bonchev–Trinajstić information content (AvgIpc) is 3.18. The Balaban J connectivity index is 1.68. The number of carbonyl (C=O) groups is 2. The first-order valence-electron chi connectivity index (χ1n) is 12.6. The van der Waals surface area contributed by atoms with Gasteiger partial charge in [-0.2, -0.15) is 0 Å². The Labute approximate surface area is 216 Å². The smallest absolute Gasteiger partial charge is 0.267 e. The number of thioether (sulfide) groups is 1. The third-order valence-electron chi connectivity index (χ3n) is 6.30. The zero-order valence-corrected chi connectivity index (χ0v) is 21.7. The van der Waals surface area contributed by atoms with Crippen LogP contribution in [0, 0.1) is 0 Å². The lowest BCUT2D eigenvalue weighted by molar-refractivity contribution is -0.124. The number of hydrogen-bond donors (Lipinski definition) is 1. The van der Waals surface area contributed by atoms with E-state index >= 15 is 0 Å². The molecule has 7 nitrogen and oxygen atoms in total. The van der Waals surface area contributed by atoms with E-state index in [9.17, 15) is 9.59 Å². The highest BCUT2D eigenvalue weighted by molar-refractivity contribution is 8.18. The normalized spacial score (nSPS) is 18.7. The number of nitrogens with two attached hydrogens (primary N) is 1. The fraction of sp³-hybridized carbons (Fsp3) is 0.393. The van der Waals surface area contributed by atoms with Gasteiger partial charge in [0.2, 0.25) is 0 Å². The van der Waals surface area contributed by atoms with Gasteiger partial charge in [-0.15, -0.1) is 0 Å². The average molecular weight is 508 g/mol. The molecule has 0 atom stereocenters. The van der Waals surface area contributed by atoms with Gasteiger partial charge in [-0.3, -0.25) is 14.5 Å². The summed E-state index contributed by atoms with van der Waals surface area (Å²) in [5, 5.41) is 0.741. The van der Waals surface area contributed by atoms with Crippen molar-refractivity contribution in [3.8, 4) is 11.5 Å². The summed E-state index contributed by atoms with van der Waals surface area (Å²) >= 11 is 1.42. The lowest BCUT2D eigenvalue weighted by atomic mass is 9.94. The van der Waals surface area contributed by atoms with Crippen LogP contribution in [-0.4, -0.2) is 41.1 Å². The van der Waals surface area contributed by atoms with Crippen LogP contribution in [0.1, 0.15) is 57.1 Å². The summed E-state index contributed by atoms with van der Waals surface area (Å²) in [5.74, 6) is 0.367. The molecule has 36 heavy (non-hydrogen) atoms. The van der Waals surface area contributed by atoms with Gasteiger partial charge in [-0.05, 0) is 73.4 Å². The Kier molecular flexibility index (Phi) is 8.70. The predicted molar refractivity (Wildman–Crippen MR) is 145 cm³/mol. The van der Waals surface area contributed by atoms with Crippen LogP contribution in [0.25, 0.3) is 6.08 Å². The fourth-order valence-electron chi connectivity index (χ4n) is 4.55. The molecule has 2 fully saturated rings. The van der Waals surface area contributed by atoms with Crippen molar-refractivity contribution in [2.24, 2.45) is 10.7 Å². The van der Waals surface area contributed by atoms with E-state index in [0.29, 0.717) is 23.0 Å². The van der Waals surface area contributed by atoms with Crippen LogP contribution in [0.15, 0.2) is 52.4 Å². The van der Waals surface area contributed by atoms with Gasteiger partial charge in [0.15, 0.2) is 23.3 Å². The van der Waals surface area contributed by atoms with Gasteiger partial charge in [0, 0.05) is 6.04 Å². The van der Waals surface area contributed by atoms with Crippen LogP contribution in [0.5, 0.6) is 11.5 Å². The van der Waals surface area contributed by atoms with E-state index in [0.717, 1.165) is 54.1 Å². The highest BCUT2D eigenvalue weighted by atomic mass is 32.2. The first-order valence-corrected chi connectivity index (χ1v) is 13.4. The molecule has 2 aliphatic rings. The maximum Gasteiger partial charge on any atom is 0.267 e. The molecule has 8 heteroatoms. The molecule has 1 saturated carbocycles. The molecule has 1 heterocycles. The standard InChI is InChI=1S/C28H33N3O4S/c1-3-20-10-8-9-13-22(20)30-28-31(21-11-6-5-7-12-21)27(33)25(36-28)17-19-14-15-23(35-18-26(29)32)24(16-19)34-4-2/h8-10,13-17,21H,3-7,11-12,18H2,1-2H3,(H2,29,32)/b25-17+,30-28?. The molecule has 1 aliphatic carbocycles. The first-order chi connectivity index (χ1) is 17.5. The van der Waals surface area contributed by atoms with Crippen LogP contribution in [-0.2, 0) is 16.0 Å². The monoisotopic (exact) mass is 507 g/mol. The van der Waals surface area contributed by atoms with Crippen molar-refractivity contribution < 1.29 is 19.1 Å². The number of amides is 2. The SMILES string of the molecule is CCOc1cc(/C=C2/SC(=Nc3ccccc3CC)N(C3CCCCC3)C2=O)ccc1OCC(N)=O. The molecule has 2 amide bonds. The van der Waals surface area contributed by atoms with Crippen LogP contribution >= 0.6 is 11.8 Å². The summed E-state index contributed by atoms with van der Waals surface area (Å²) < 4.78 is 11.2. The van der Waals surface area contributed by atoms with Crippen molar-refractivity contribution >= 4 is 40.5 Å². The van der Waals surface area contributed by atoms with Gasteiger partial charge in [0.25, 0.3) is 11.8 Å². The number of ether oxygens (including phenoxy) is 2. The number of nitrogens with zero attached hydrogens (tertiary/aromatic N) is 2. The maximum atomic E-state index is 13.7. The topological polar surface area (TPSA) is 94.2 Å². The van der Waals surface area contributed by atoms with E-state index in [4.69, 9.17) is 20.2 Å². The zero-order chi connectivity index (χ0) is 25.5. The van der Waals surface area contributed by atoms with Gasteiger partial charge in [0.1, 0.15) is 0 Å². The number of carbonyl (C=O) groups excluding carboxylic acids is 2. The quantitative estimate of drug-likeness (QED) is 0.456. The van der Waals surface area contributed by atoms with Gasteiger partial charge in [-0.1, -0.05) is 50.5 Å². The summed E-state index contributed by atoms with van der Waals surface area (Å²) in [4.78, 5) is 32.3. The third kappa shape index (κ3) is 6.10. The maximum absolute atomic E-state index is 13.7. The van der Waals surface area contributed by atoms with Crippen molar-refractivity contribution in [3.05, 3.63) is 58.5 Å². The van der Waals surface area contributed by atoms with Crippen molar-refractivity contribution in [2.75, 3.05) is 13.2 Å². The molecular weight excluding hydrogens is 474 g/mol. The predicted octanol–water partition coefficient (Wildman–Crippen LogP) is 5.45. The molecular formula is C28H33N3O4S. The van der Waals surface area contributed by atoms with E-state index in [1.54, 1.807) is 6.07 Å². The summed E-state index contributed by atoms with van der Waals surface area (Å²) in [6.07, 6.45) is 8.20. The number of hydrogen-bond acceptors (Lipinski definition) is 6. The van der Waals surface area contributed by atoms with Crippen molar-refractivity contribution in [3.63, 3.8) is 0 Å². The highest BCUT2D eigenvalue weighted by Gasteiger charge is 2.38. The minimum absolute atomic E-state index is 0.00774. The zero-order valence-electron chi connectivity index (χ0n) is 20.9. The Morgan fingerprint density at radius 1 is 1.11 bits per heavy atom.